The zero-order valence-electron chi connectivity index (χ0n) is 9.95. The molecule has 0 spiro atoms. The van der Waals surface area contributed by atoms with Gasteiger partial charge in [-0.25, -0.2) is 0 Å². The Labute approximate surface area is 137 Å². The van der Waals surface area contributed by atoms with E-state index in [1.165, 1.54) is 0 Å². The zero-order valence-corrected chi connectivity index (χ0v) is 13.1. The van der Waals surface area contributed by atoms with E-state index in [1.807, 2.05) is 0 Å². The molecule has 12 heteroatoms. The Morgan fingerprint density at radius 3 is 0.556 bits per heavy atom. The number of hydrogen-bond acceptors (Lipinski definition) is 6. The molecule has 18 heavy (non-hydrogen) atoms. The van der Waals surface area contributed by atoms with Crippen molar-refractivity contribution in [3.8, 4) is 0 Å². The van der Waals surface area contributed by atoms with Gasteiger partial charge in [-0.15, -0.1) is 0 Å². The van der Waals surface area contributed by atoms with Crippen LogP contribution in [0.3, 0.4) is 0 Å². The molecule has 0 aromatic heterocycles. The molecule has 0 bridgehead atoms. The van der Waals surface area contributed by atoms with Crippen molar-refractivity contribution in [1.82, 2.24) is 0 Å². The number of carbonyl (C=O) groups is 3. The molecule has 0 saturated carbocycles. The van der Waals surface area contributed by atoms with Gasteiger partial charge in [0, 0.05) is 17.9 Å². The summed E-state index contributed by atoms with van der Waals surface area (Å²) in [5, 5.41) is 26.7. The van der Waals surface area contributed by atoms with Gasteiger partial charge >= 0.3 is 41.7 Å². The number of rotatable bonds is 0. The van der Waals surface area contributed by atoms with Crippen molar-refractivity contribution in [2.24, 2.45) is 0 Å². The molecule has 0 aromatic carbocycles. The summed E-state index contributed by atoms with van der Waals surface area (Å²) in [6.07, 6.45) is 0. The molecule has 0 aliphatic rings. The Bertz CT molecular complexity index is 119. The molecule has 10 N–H and O–H groups in total. The maximum absolute atomic E-state index is 8.89. The minimum atomic E-state index is -1.08. The topological polar surface area (TPSA) is 278 Å². The van der Waals surface area contributed by atoms with E-state index in [0.29, 0.717) is 0 Å². The SMILES string of the molecule is CC(=O)[O-].CC(=O)[O-].CC(=O)[O-].O.O.O.O.O.[Ce+3]. The fourth-order valence-electron chi connectivity index (χ4n) is 0. The summed E-state index contributed by atoms with van der Waals surface area (Å²) in [5.74, 6) is -3.25. The number of aliphatic carboxylic acids is 3. The van der Waals surface area contributed by atoms with Crippen molar-refractivity contribution in [3.05, 3.63) is 0 Å². The van der Waals surface area contributed by atoms with Crippen LogP contribution in [0.4, 0.5) is 0 Å². The minimum Gasteiger partial charge on any atom is -0.550 e. The fourth-order valence-corrected chi connectivity index (χ4v) is 0. The summed E-state index contributed by atoms with van der Waals surface area (Å²) >= 11 is 0. The van der Waals surface area contributed by atoms with E-state index in [2.05, 4.69) is 0 Å². The second-order valence-corrected chi connectivity index (χ2v) is 1.47. The van der Waals surface area contributed by atoms with E-state index in [1.54, 1.807) is 0 Å². The third-order valence-electron chi connectivity index (χ3n) is 0. The molecule has 0 aliphatic heterocycles. The molecular formula is C6H19CeO11. The first-order chi connectivity index (χ1) is 5.20. The fraction of sp³-hybridized carbons (Fsp3) is 0.500. The van der Waals surface area contributed by atoms with Crippen LogP contribution >= 0.6 is 0 Å². The zero-order chi connectivity index (χ0) is 10.7. The first-order valence-electron chi connectivity index (χ1n) is 2.72. The Morgan fingerprint density at radius 2 is 0.556 bits per heavy atom. The smallest absolute Gasteiger partial charge is 0.550 e. The molecule has 0 aliphatic carbocycles. The van der Waals surface area contributed by atoms with E-state index < -0.39 is 17.9 Å². The van der Waals surface area contributed by atoms with Crippen LogP contribution in [-0.2, 0) is 14.4 Å². The first-order valence-corrected chi connectivity index (χ1v) is 2.72. The maximum Gasteiger partial charge on any atom is 3.00 e. The van der Waals surface area contributed by atoms with Crippen molar-refractivity contribution in [1.29, 1.82) is 0 Å². The van der Waals surface area contributed by atoms with Gasteiger partial charge in [0.1, 0.15) is 0 Å². The summed E-state index contributed by atoms with van der Waals surface area (Å²) in [5.41, 5.74) is 0. The Morgan fingerprint density at radius 1 is 0.556 bits per heavy atom. The molecule has 0 amide bonds. The van der Waals surface area contributed by atoms with Crippen LogP contribution in [0.25, 0.3) is 0 Å². The predicted molar refractivity (Wildman–Crippen MR) is 50.1 cm³/mol. The number of carboxylic acid groups (broad SMARTS) is 3. The van der Waals surface area contributed by atoms with Gasteiger partial charge in [-0.1, -0.05) is 0 Å². The van der Waals surface area contributed by atoms with Crippen LogP contribution in [0.2, 0.25) is 0 Å². The third kappa shape index (κ3) is 19400. The number of hydrogen-bond donors (Lipinski definition) is 0. The molecule has 0 saturated heterocycles. The molecule has 0 rings (SSSR count). The van der Waals surface area contributed by atoms with Crippen molar-refractivity contribution in [3.63, 3.8) is 0 Å². The second-order valence-electron chi connectivity index (χ2n) is 1.47. The number of carboxylic acids is 3. The van der Waals surface area contributed by atoms with Gasteiger partial charge in [0.15, 0.2) is 0 Å². The van der Waals surface area contributed by atoms with Crippen LogP contribution in [0, 0.1) is 41.7 Å². The van der Waals surface area contributed by atoms with E-state index in [9.17, 15) is 0 Å². The predicted octanol–water partition coefficient (Wildman–Crippen LogP) is -7.85. The molecule has 11 nitrogen and oxygen atoms in total. The monoisotopic (exact) mass is 407 g/mol. The van der Waals surface area contributed by atoms with Crippen molar-refractivity contribution in [2.45, 2.75) is 20.8 Å². The maximum atomic E-state index is 8.89. The van der Waals surface area contributed by atoms with E-state index in [-0.39, 0.29) is 69.1 Å². The van der Waals surface area contributed by atoms with Crippen LogP contribution in [0.5, 0.6) is 0 Å². The van der Waals surface area contributed by atoms with Gasteiger partial charge < -0.3 is 57.1 Å². The standard InChI is InChI=1S/3C2H4O2.Ce.5H2O/c3*1-2(3)4;;;;;;/h3*1H3,(H,3,4);;5*1H2/q;;;+3;;;;;/p-3. The Balaban J connectivity index is -0.00000000827. The average molecular weight is 407 g/mol. The molecule has 113 valence electrons. The summed E-state index contributed by atoms with van der Waals surface area (Å²) in [4.78, 5) is 26.7. The molecule has 0 heterocycles. The van der Waals surface area contributed by atoms with Crippen molar-refractivity contribution < 1.29 is 98.8 Å². The second kappa shape index (κ2) is 54.7. The summed E-state index contributed by atoms with van der Waals surface area (Å²) in [6, 6.07) is 0. The molecule has 0 aromatic rings. The van der Waals surface area contributed by atoms with Gasteiger partial charge in [0.05, 0.1) is 0 Å². The van der Waals surface area contributed by atoms with Crippen LogP contribution < -0.4 is 15.3 Å². The van der Waals surface area contributed by atoms with Crippen LogP contribution in [0.15, 0.2) is 0 Å². The summed E-state index contributed by atoms with van der Waals surface area (Å²) in [6.45, 7) is 2.92. The first kappa shape index (κ1) is 65.6. The van der Waals surface area contributed by atoms with Gasteiger partial charge in [-0.05, 0) is 20.8 Å². The van der Waals surface area contributed by atoms with Crippen LogP contribution in [-0.4, -0.2) is 45.3 Å². The van der Waals surface area contributed by atoms with E-state index in [0.717, 1.165) is 20.8 Å². The van der Waals surface area contributed by atoms with Crippen molar-refractivity contribution >= 4 is 17.9 Å². The largest absolute Gasteiger partial charge is 3.00 e. The summed E-state index contributed by atoms with van der Waals surface area (Å²) < 4.78 is 0. The normalized spacial score (nSPS) is 4.17. The van der Waals surface area contributed by atoms with Gasteiger partial charge in [0.2, 0.25) is 0 Å². The molecule has 0 atom stereocenters. The molecule has 0 fully saturated rings. The molecule has 1 radical (unpaired) electrons. The van der Waals surface area contributed by atoms with Crippen LogP contribution in [0.1, 0.15) is 20.8 Å². The molecular weight excluding hydrogens is 388 g/mol. The van der Waals surface area contributed by atoms with Gasteiger partial charge in [0.25, 0.3) is 0 Å². The quantitative estimate of drug-likeness (QED) is 0.375. The minimum absolute atomic E-state index is 0. The van der Waals surface area contributed by atoms with E-state index in [4.69, 9.17) is 29.7 Å². The van der Waals surface area contributed by atoms with Gasteiger partial charge in [-0.3, -0.25) is 0 Å². The third-order valence-corrected chi connectivity index (χ3v) is 0. The van der Waals surface area contributed by atoms with Crippen molar-refractivity contribution in [2.75, 3.05) is 0 Å². The Hall–Kier alpha value is -0.413. The molecule has 0 unspecified atom stereocenters. The average Bonchev–Trinajstić information content (AvgIpc) is 1.54. The summed E-state index contributed by atoms with van der Waals surface area (Å²) in [7, 11) is 0. The van der Waals surface area contributed by atoms with E-state index >= 15 is 0 Å². The Kier molecular flexibility index (Phi) is 199. The van der Waals surface area contributed by atoms with Gasteiger partial charge in [-0.2, -0.15) is 0 Å². The number of carbonyl (C=O) groups excluding carboxylic acids is 3.